The van der Waals surface area contributed by atoms with Crippen LogP contribution < -0.4 is 17.1 Å². The van der Waals surface area contributed by atoms with Gasteiger partial charge in [-0.2, -0.15) is 0 Å². The van der Waals surface area contributed by atoms with Crippen LogP contribution in [0.2, 0.25) is 0 Å². The third-order valence-corrected chi connectivity index (χ3v) is 4.48. The molecule has 12 heteroatoms. The molecule has 0 bridgehead atoms. The Morgan fingerprint density at radius 2 is 0.788 bits per heavy atom. The van der Waals surface area contributed by atoms with Crippen LogP contribution in [0.1, 0.15) is 59.3 Å². The first-order chi connectivity index (χ1) is 15.8. The Morgan fingerprint density at radius 1 is 0.545 bits per heavy atom. The summed E-state index contributed by atoms with van der Waals surface area (Å²) >= 11 is 0. The highest BCUT2D eigenvalue weighted by atomic mass is 16.5. The van der Waals surface area contributed by atoms with Gasteiger partial charge < -0.3 is 14.2 Å². The van der Waals surface area contributed by atoms with E-state index in [1.54, 1.807) is 20.8 Å². The Kier molecular flexibility index (Phi) is 12.5. The van der Waals surface area contributed by atoms with Crippen molar-refractivity contribution in [3.05, 3.63) is 31.5 Å². The monoisotopic (exact) mass is 471 g/mol. The van der Waals surface area contributed by atoms with Gasteiger partial charge in [0.2, 0.25) is 0 Å². The second kappa shape index (κ2) is 14.8. The second-order valence-electron chi connectivity index (χ2n) is 7.21. The number of hydrogen-bond acceptors (Lipinski definition) is 9. The van der Waals surface area contributed by atoms with Gasteiger partial charge in [-0.3, -0.25) is 14.4 Å². The Labute approximate surface area is 191 Å². The van der Waals surface area contributed by atoms with Gasteiger partial charge in [0.05, 0.1) is 19.6 Å². The molecule has 0 amide bonds. The number of hydrogen-bond donors (Lipinski definition) is 0. The van der Waals surface area contributed by atoms with E-state index in [1.807, 2.05) is 0 Å². The van der Waals surface area contributed by atoms with Crippen molar-refractivity contribution in [1.29, 1.82) is 0 Å². The van der Waals surface area contributed by atoms with Crippen molar-refractivity contribution in [2.75, 3.05) is 19.8 Å². The fourth-order valence-electron chi connectivity index (χ4n) is 2.84. The highest BCUT2D eigenvalue weighted by molar-refractivity contribution is 5.69. The second-order valence-corrected chi connectivity index (χ2v) is 7.21. The number of ether oxygens (including phenoxy) is 3. The minimum absolute atomic E-state index is 0.199. The lowest BCUT2D eigenvalue weighted by molar-refractivity contribution is -0.144. The summed E-state index contributed by atoms with van der Waals surface area (Å²) in [7, 11) is 0. The predicted octanol–water partition coefficient (Wildman–Crippen LogP) is 0.202. The van der Waals surface area contributed by atoms with Crippen molar-refractivity contribution in [3.8, 4) is 0 Å². The molecule has 1 aromatic heterocycles. The van der Waals surface area contributed by atoms with Crippen molar-refractivity contribution < 1.29 is 28.6 Å². The van der Waals surface area contributed by atoms with E-state index in [4.69, 9.17) is 14.2 Å². The molecule has 0 N–H and O–H groups in total. The van der Waals surface area contributed by atoms with Crippen LogP contribution in [0.15, 0.2) is 14.4 Å². The summed E-state index contributed by atoms with van der Waals surface area (Å²) in [5.41, 5.74) is -2.74. The zero-order valence-electron chi connectivity index (χ0n) is 19.5. The van der Waals surface area contributed by atoms with Crippen LogP contribution >= 0.6 is 0 Å². The first-order valence-electron chi connectivity index (χ1n) is 11.2. The van der Waals surface area contributed by atoms with Crippen molar-refractivity contribution >= 4 is 17.9 Å². The zero-order valence-corrected chi connectivity index (χ0v) is 19.5. The minimum Gasteiger partial charge on any atom is -0.464 e. The van der Waals surface area contributed by atoms with Gasteiger partial charge in [-0.15, -0.1) is 0 Å². The van der Waals surface area contributed by atoms with E-state index < -0.39 is 35.0 Å². The van der Waals surface area contributed by atoms with Crippen LogP contribution in [0, 0.1) is 0 Å². The highest BCUT2D eigenvalue weighted by Gasteiger charge is 2.17. The Bertz CT molecular complexity index is 821. The van der Waals surface area contributed by atoms with Crippen molar-refractivity contribution in [1.82, 2.24) is 13.7 Å². The minimum atomic E-state index is -0.915. The average Bonchev–Trinajstić information content (AvgIpc) is 2.76. The van der Waals surface area contributed by atoms with Gasteiger partial charge in [-0.05, 0) is 19.3 Å². The molecule has 0 aliphatic heterocycles. The maximum absolute atomic E-state index is 12.8. The van der Waals surface area contributed by atoms with E-state index in [9.17, 15) is 28.8 Å². The predicted molar refractivity (Wildman–Crippen MR) is 117 cm³/mol. The lowest BCUT2D eigenvalue weighted by Gasteiger charge is -2.14. The van der Waals surface area contributed by atoms with Crippen molar-refractivity contribution in [2.45, 2.75) is 78.9 Å². The summed E-state index contributed by atoms with van der Waals surface area (Å²) in [4.78, 5) is 73.0. The molecule has 0 aliphatic rings. The average molecular weight is 472 g/mol. The smallest absolute Gasteiger partial charge is 0.336 e. The van der Waals surface area contributed by atoms with E-state index in [1.165, 1.54) is 0 Å². The zero-order chi connectivity index (χ0) is 24.8. The number of carbonyl (C=O) groups is 3. The number of nitrogens with zero attached hydrogens (tertiary/aromatic N) is 3. The van der Waals surface area contributed by atoms with Gasteiger partial charge in [0.1, 0.15) is 19.8 Å². The summed E-state index contributed by atoms with van der Waals surface area (Å²) in [6.07, 6.45) is 2.36. The molecular weight excluding hydrogens is 438 g/mol. The van der Waals surface area contributed by atoms with Crippen LogP contribution in [-0.4, -0.2) is 51.4 Å². The standard InChI is InChI=1S/C21H33N3O9/c1-4-7-16(25)31-13-10-22-19(28)23(11-14-32-17(26)8-5-2)21(30)24(20(22)29)12-15-33-18(27)9-6-3/h4-15H2,1-3H3. The third-order valence-electron chi connectivity index (χ3n) is 4.48. The topological polar surface area (TPSA) is 145 Å². The molecule has 1 heterocycles. The van der Waals surface area contributed by atoms with E-state index in [2.05, 4.69) is 0 Å². The van der Waals surface area contributed by atoms with Crippen molar-refractivity contribution in [3.63, 3.8) is 0 Å². The Morgan fingerprint density at radius 3 is 1.00 bits per heavy atom. The molecule has 0 unspecified atom stereocenters. The summed E-state index contributed by atoms with van der Waals surface area (Å²) in [6, 6.07) is 0. The van der Waals surface area contributed by atoms with E-state index >= 15 is 0 Å². The summed E-state index contributed by atoms with van der Waals surface area (Å²) in [5.74, 6) is -1.40. The maximum atomic E-state index is 12.8. The number of esters is 3. The highest BCUT2D eigenvalue weighted by Crippen LogP contribution is 1.94. The van der Waals surface area contributed by atoms with E-state index in [0.29, 0.717) is 19.3 Å². The van der Waals surface area contributed by atoms with Crippen LogP contribution in [0.4, 0.5) is 0 Å². The van der Waals surface area contributed by atoms with Gasteiger partial charge in [-0.25, -0.2) is 28.1 Å². The largest absolute Gasteiger partial charge is 0.464 e. The molecule has 0 aliphatic carbocycles. The molecule has 186 valence electrons. The SMILES string of the molecule is CCCC(=O)OCCn1c(=O)n(CCOC(=O)CCC)c(=O)n(CCOC(=O)CCC)c1=O. The van der Waals surface area contributed by atoms with Crippen LogP contribution in [0.5, 0.6) is 0 Å². The van der Waals surface area contributed by atoms with Gasteiger partial charge in [-0.1, -0.05) is 20.8 Å². The molecule has 0 radical (unpaired) electrons. The maximum Gasteiger partial charge on any atom is 0.336 e. The van der Waals surface area contributed by atoms with Crippen molar-refractivity contribution in [2.24, 2.45) is 0 Å². The summed E-state index contributed by atoms with van der Waals surface area (Å²) in [5, 5.41) is 0. The van der Waals surface area contributed by atoms with Crippen LogP contribution in [-0.2, 0) is 48.2 Å². The molecule has 12 nitrogen and oxygen atoms in total. The molecule has 1 rings (SSSR count). The van der Waals surface area contributed by atoms with Gasteiger partial charge in [0.15, 0.2) is 0 Å². The molecule has 0 spiro atoms. The molecule has 0 aromatic carbocycles. The number of aromatic nitrogens is 3. The van der Waals surface area contributed by atoms with Crippen LogP contribution in [0.25, 0.3) is 0 Å². The molecule has 33 heavy (non-hydrogen) atoms. The lowest BCUT2D eigenvalue weighted by atomic mass is 10.3. The van der Waals surface area contributed by atoms with Crippen LogP contribution in [0.3, 0.4) is 0 Å². The molecule has 0 atom stereocenters. The molecule has 0 saturated heterocycles. The molecule has 0 saturated carbocycles. The lowest BCUT2D eigenvalue weighted by Crippen LogP contribution is -2.55. The summed E-state index contributed by atoms with van der Waals surface area (Å²) < 4.78 is 17.3. The van der Waals surface area contributed by atoms with Gasteiger partial charge in [0, 0.05) is 19.3 Å². The van der Waals surface area contributed by atoms with E-state index in [-0.39, 0.29) is 58.7 Å². The Hall–Kier alpha value is -3.18. The van der Waals surface area contributed by atoms with Gasteiger partial charge >= 0.3 is 35.0 Å². The fraction of sp³-hybridized carbons (Fsp3) is 0.714. The first kappa shape index (κ1) is 27.9. The fourth-order valence-corrected chi connectivity index (χ4v) is 2.84. The quantitative estimate of drug-likeness (QED) is 0.259. The molecule has 0 fully saturated rings. The normalized spacial score (nSPS) is 10.6. The molecular formula is C21H33N3O9. The van der Waals surface area contributed by atoms with Gasteiger partial charge in [0.25, 0.3) is 0 Å². The molecule has 1 aromatic rings. The number of carbonyl (C=O) groups excluding carboxylic acids is 3. The Balaban J connectivity index is 3.13. The first-order valence-corrected chi connectivity index (χ1v) is 11.2. The number of rotatable bonds is 15. The van der Waals surface area contributed by atoms with E-state index in [0.717, 1.165) is 13.7 Å². The summed E-state index contributed by atoms with van der Waals surface area (Å²) in [6.45, 7) is 3.92. The third kappa shape index (κ3) is 9.07.